The smallest absolute Gasteiger partial charge is 0.213 e. The molecule has 3 aromatic rings. The third-order valence-corrected chi connectivity index (χ3v) is 5.99. The van der Waals surface area contributed by atoms with Gasteiger partial charge in [-0.25, -0.2) is 4.98 Å². The van der Waals surface area contributed by atoms with Crippen LogP contribution in [0, 0.1) is 0 Å². The Labute approximate surface area is 198 Å². The number of nitrogens with one attached hydrogen (secondary N) is 1. The Balaban J connectivity index is 1.61. The zero-order chi connectivity index (χ0) is 23.5. The van der Waals surface area contributed by atoms with Crippen LogP contribution in [0.3, 0.4) is 0 Å². The van der Waals surface area contributed by atoms with Gasteiger partial charge in [-0.15, -0.1) is 0 Å². The van der Waals surface area contributed by atoms with E-state index in [4.69, 9.17) is 9.47 Å². The van der Waals surface area contributed by atoms with Gasteiger partial charge in [0.15, 0.2) is 0 Å². The minimum atomic E-state index is 0.275. The molecule has 1 N–H and O–H groups in total. The fraction of sp³-hybridized carbons (Fsp3) is 0.393. The second-order valence-corrected chi connectivity index (χ2v) is 8.16. The van der Waals surface area contributed by atoms with E-state index in [1.54, 1.807) is 7.11 Å². The van der Waals surface area contributed by atoms with Crippen molar-refractivity contribution in [3.05, 3.63) is 78.0 Å². The van der Waals surface area contributed by atoms with Gasteiger partial charge >= 0.3 is 0 Å². The van der Waals surface area contributed by atoms with E-state index in [1.165, 1.54) is 11.1 Å². The summed E-state index contributed by atoms with van der Waals surface area (Å²) in [6.45, 7) is 11.2. The van der Waals surface area contributed by atoms with Crippen molar-refractivity contribution in [2.45, 2.75) is 39.8 Å². The molecule has 0 amide bonds. The average molecular weight is 448 g/mol. The van der Waals surface area contributed by atoms with E-state index in [0.717, 1.165) is 49.5 Å². The average Bonchev–Trinajstić information content (AvgIpc) is 2.88. The van der Waals surface area contributed by atoms with E-state index in [1.807, 2.05) is 30.5 Å². The lowest BCUT2D eigenvalue weighted by molar-refractivity contribution is 0.244. The van der Waals surface area contributed by atoms with Crippen LogP contribution in [0.15, 0.2) is 66.9 Å². The van der Waals surface area contributed by atoms with Crippen molar-refractivity contribution in [3.63, 3.8) is 0 Å². The number of aromatic nitrogens is 1. The standard InChI is InChI=1S/C28H37N3O2/c1-5-31(6-2)17-10-18-33-28-16-14-25(21-30-28)26-19-23(13-15-27(26)32-4)20-29-22(3)24-11-8-7-9-12-24/h7-9,11-16,19,21-22,29H,5-6,10,17-18,20H2,1-4H3/t22-/m1/s1. The first-order chi connectivity index (χ1) is 16.1. The highest BCUT2D eigenvalue weighted by molar-refractivity contribution is 5.70. The molecule has 1 heterocycles. The number of methoxy groups -OCH3 is 1. The summed E-state index contributed by atoms with van der Waals surface area (Å²) < 4.78 is 11.5. The molecule has 0 fully saturated rings. The third-order valence-electron chi connectivity index (χ3n) is 5.99. The Morgan fingerprint density at radius 1 is 1.00 bits per heavy atom. The molecule has 1 aromatic heterocycles. The summed E-state index contributed by atoms with van der Waals surface area (Å²) in [5, 5.41) is 3.61. The molecule has 0 radical (unpaired) electrons. The maximum Gasteiger partial charge on any atom is 0.213 e. The highest BCUT2D eigenvalue weighted by Crippen LogP contribution is 2.31. The number of benzene rings is 2. The van der Waals surface area contributed by atoms with Crippen molar-refractivity contribution >= 4 is 0 Å². The minimum absolute atomic E-state index is 0.275. The van der Waals surface area contributed by atoms with E-state index in [0.29, 0.717) is 12.5 Å². The molecule has 176 valence electrons. The molecule has 0 aliphatic heterocycles. The second kappa shape index (κ2) is 13.0. The van der Waals surface area contributed by atoms with E-state index >= 15 is 0 Å². The molecule has 33 heavy (non-hydrogen) atoms. The van der Waals surface area contributed by atoms with Gasteiger partial charge in [0.25, 0.3) is 0 Å². The first-order valence-corrected chi connectivity index (χ1v) is 11.9. The summed E-state index contributed by atoms with van der Waals surface area (Å²) in [5.41, 5.74) is 4.53. The van der Waals surface area contributed by atoms with E-state index in [9.17, 15) is 0 Å². The molecule has 5 nitrogen and oxygen atoms in total. The Morgan fingerprint density at radius 2 is 1.79 bits per heavy atom. The van der Waals surface area contributed by atoms with Crippen molar-refractivity contribution in [2.75, 3.05) is 33.4 Å². The zero-order valence-electron chi connectivity index (χ0n) is 20.4. The quantitative estimate of drug-likeness (QED) is 0.340. The van der Waals surface area contributed by atoms with Crippen LogP contribution in [-0.2, 0) is 6.54 Å². The molecular weight excluding hydrogens is 410 g/mol. The van der Waals surface area contributed by atoms with Gasteiger partial charge in [-0.05, 0) is 55.8 Å². The molecule has 0 aliphatic carbocycles. The van der Waals surface area contributed by atoms with E-state index in [-0.39, 0.29) is 6.04 Å². The normalized spacial score (nSPS) is 12.0. The van der Waals surface area contributed by atoms with Gasteiger partial charge in [0.2, 0.25) is 5.88 Å². The lowest BCUT2D eigenvalue weighted by Crippen LogP contribution is -2.25. The van der Waals surface area contributed by atoms with Crippen LogP contribution in [0.25, 0.3) is 11.1 Å². The summed E-state index contributed by atoms with van der Waals surface area (Å²) in [6, 6.07) is 21.1. The summed E-state index contributed by atoms with van der Waals surface area (Å²) in [5.74, 6) is 1.50. The predicted molar refractivity (Wildman–Crippen MR) is 136 cm³/mol. The predicted octanol–water partition coefficient (Wildman–Crippen LogP) is 5.72. The van der Waals surface area contributed by atoms with Crippen LogP contribution in [-0.4, -0.2) is 43.2 Å². The Bertz CT molecular complexity index is 957. The Morgan fingerprint density at radius 3 is 2.45 bits per heavy atom. The van der Waals surface area contributed by atoms with Crippen LogP contribution in [0.1, 0.15) is 44.4 Å². The highest BCUT2D eigenvalue weighted by atomic mass is 16.5. The zero-order valence-corrected chi connectivity index (χ0v) is 20.4. The van der Waals surface area contributed by atoms with Gasteiger partial charge < -0.3 is 19.7 Å². The molecule has 2 aromatic carbocycles. The summed E-state index contributed by atoms with van der Waals surface area (Å²) in [7, 11) is 1.70. The summed E-state index contributed by atoms with van der Waals surface area (Å²) in [6.07, 6.45) is 2.86. The number of ether oxygens (including phenoxy) is 2. The SMILES string of the molecule is CCN(CC)CCCOc1ccc(-c2cc(CN[C@H](C)c3ccccc3)ccc2OC)cn1. The first kappa shape index (κ1) is 24.7. The van der Waals surface area contributed by atoms with Gasteiger partial charge in [0.1, 0.15) is 5.75 Å². The van der Waals surface area contributed by atoms with Crippen molar-refractivity contribution in [2.24, 2.45) is 0 Å². The second-order valence-electron chi connectivity index (χ2n) is 8.16. The van der Waals surface area contributed by atoms with Crippen LogP contribution in [0.4, 0.5) is 0 Å². The minimum Gasteiger partial charge on any atom is -0.496 e. The van der Waals surface area contributed by atoms with Crippen LogP contribution in [0.5, 0.6) is 11.6 Å². The maximum absolute atomic E-state index is 5.84. The van der Waals surface area contributed by atoms with Gasteiger partial charge in [-0.3, -0.25) is 0 Å². The number of pyridine rings is 1. The Hall–Kier alpha value is -2.89. The fourth-order valence-electron chi connectivity index (χ4n) is 3.85. The number of rotatable bonds is 13. The topological polar surface area (TPSA) is 46.6 Å². The molecule has 0 bridgehead atoms. The lowest BCUT2D eigenvalue weighted by atomic mass is 10.0. The molecule has 5 heteroatoms. The molecule has 0 unspecified atom stereocenters. The molecule has 0 aliphatic rings. The molecular formula is C28H37N3O2. The molecule has 0 saturated carbocycles. The van der Waals surface area contributed by atoms with Gasteiger partial charge in [-0.1, -0.05) is 50.2 Å². The third kappa shape index (κ3) is 7.31. The summed E-state index contributed by atoms with van der Waals surface area (Å²) >= 11 is 0. The number of hydrogen-bond donors (Lipinski definition) is 1. The molecule has 0 saturated heterocycles. The molecule has 3 rings (SSSR count). The van der Waals surface area contributed by atoms with Crippen molar-refractivity contribution in [1.29, 1.82) is 0 Å². The van der Waals surface area contributed by atoms with Crippen molar-refractivity contribution in [3.8, 4) is 22.8 Å². The first-order valence-electron chi connectivity index (χ1n) is 11.9. The van der Waals surface area contributed by atoms with Gasteiger partial charge in [-0.2, -0.15) is 0 Å². The van der Waals surface area contributed by atoms with Gasteiger partial charge in [0.05, 0.1) is 13.7 Å². The highest BCUT2D eigenvalue weighted by Gasteiger charge is 2.10. The molecule has 0 spiro atoms. The number of hydrogen-bond acceptors (Lipinski definition) is 5. The largest absolute Gasteiger partial charge is 0.496 e. The Kier molecular flexibility index (Phi) is 9.73. The van der Waals surface area contributed by atoms with Crippen molar-refractivity contribution in [1.82, 2.24) is 15.2 Å². The summed E-state index contributed by atoms with van der Waals surface area (Å²) in [4.78, 5) is 6.92. The van der Waals surface area contributed by atoms with E-state index < -0.39 is 0 Å². The van der Waals surface area contributed by atoms with Crippen LogP contribution in [0.2, 0.25) is 0 Å². The maximum atomic E-state index is 5.84. The number of nitrogens with zero attached hydrogens (tertiary/aromatic N) is 2. The van der Waals surface area contributed by atoms with E-state index in [2.05, 4.69) is 72.4 Å². The van der Waals surface area contributed by atoms with Crippen LogP contribution >= 0.6 is 0 Å². The van der Waals surface area contributed by atoms with Crippen molar-refractivity contribution < 1.29 is 9.47 Å². The fourth-order valence-corrected chi connectivity index (χ4v) is 3.85. The lowest BCUT2D eigenvalue weighted by Gasteiger charge is -2.17. The monoisotopic (exact) mass is 447 g/mol. The van der Waals surface area contributed by atoms with Crippen LogP contribution < -0.4 is 14.8 Å². The van der Waals surface area contributed by atoms with Gasteiger partial charge in [0, 0.05) is 42.5 Å². The molecule has 1 atom stereocenters.